The fourth-order valence-electron chi connectivity index (χ4n) is 5.33. The molecule has 40 heavy (non-hydrogen) atoms. The first kappa shape index (κ1) is 24.1. The van der Waals surface area contributed by atoms with Crippen LogP contribution in [0.4, 0.5) is 28.6 Å². The van der Waals surface area contributed by atoms with Crippen molar-refractivity contribution in [3.05, 3.63) is 145 Å². The third kappa shape index (κ3) is 4.39. The molecule has 7 rings (SSSR count). The normalized spacial score (nSPS) is 11.1. The van der Waals surface area contributed by atoms with E-state index in [1.165, 1.54) is 36.9 Å². The number of nitrogens with one attached hydrogen (secondary N) is 1. The number of fused-ring (bicyclic) bond motifs is 3. The van der Waals surface area contributed by atoms with Crippen LogP contribution in [-0.4, -0.2) is 4.98 Å². The summed E-state index contributed by atoms with van der Waals surface area (Å²) in [6.07, 6.45) is 1.93. The van der Waals surface area contributed by atoms with Crippen LogP contribution in [0.15, 0.2) is 140 Å². The highest BCUT2D eigenvalue weighted by Gasteiger charge is 2.19. The van der Waals surface area contributed by atoms with Crippen molar-refractivity contribution in [2.45, 2.75) is 6.92 Å². The molecule has 0 atom stereocenters. The second-order valence-corrected chi connectivity index (χ2v) is 10.9. The molecule has 2 aromatic heterocycles. The molecule has 0 aliphatic heterocycles. The van der Waals surface area contributed by atoms with E-state index in [0.717, 1.165) is 28.6 Å². The zero-order chi connectivity index (χ0) is 26.9. The van der Waals surface area contributed by atoms with Gasteiger partial charge in [0.15, 0.2) is 5.82 Å². The van der Waals surface area contributed by atoms with E-state index in [1.54, 1.807) is 11.3 Å². The van der Waals surface area contributed by atoms with Crippen LogP contribution in [0.3, 0.4) is 0 Å². The van der Waals surface area contributed by atoms with Crippen LogP contribution < -0.4 is 10.2 Å². The Morgan fingerprint density at radius 3 is 2.00 bits per heavy atom. The van der Waals surface area contributed by atoms with E-state index in [1.807, 2.05) is 18.3 Å². The van der Waals surface area contributed by atoms with Crippen LogP contribution in [0.25, 0.3) is 31.3 Å². The molecule has 5 aromatic carbocycles. The van der Waals surface area contributed by atoms with Gasteiger partial charge in [0.2, 0.25) is 0 Å². The minimum atomic E-state index is 0.940. The summed E-state index contributed by atoms with van der Waals surface area (Å²) in [5.41, 5.74) is 8.03. The van der Waals surface area contributed by atoms with Crippen molar-refractivity contribution >= 4 is 60.1 Å². The smallest absolute Gasteiger partial charge is 0.155 e. The van der Waals surface area contributed by atoms with E-state index in [4.69, 9.17) is 4.98 Å². The molecule has 2 heterocycles. The van der Waals surface area contributed by atoms with Crippen LogP contribution >= 0.6 is 11.3 Å². The van der Waals surface area contributed by atoms with Gasteiger partial charge < -0.3 is 5.32 Å². The number of rotatable bonds is 6. The predicted octanol–water partition coefficient (Wildman–Crippen LogP) is 10.6. The molecule has 0 amide bonds. The first-order chi connectivity index (χ1) is 19.8. The maximum atomic E-state index is 4.92. The molecule has 3 nitrogen and oxygen atoms in total. The number of thiophene rings is 1. The zero-order valence-corrected chi connectivity index (χ0v) is 22.9. The number of aromatic nitrogens is 1. The molecule has 0 radical (unpaired) electrons. The Kier molecular flexibility index (Phi) is 6.23. The van der Waals surface area contributed by atoms with Crippen LogP contribution in [0.1, 0.15) is 5.56 Å². The van der Waals surface area contributed by atoms with Crippen molar-refractivity contribution in [1.82, 2.24) is 4.98 Å². The standard InChI is InChI=1S/C36H27N3S/c1-25-12-8-9-17-29(25)30-18-10-11-19-33(30)38-26-20-21-34-32(24-26)31-22-23-37-36(35(31)40-34)39(27-13-4-2-5-14-27)28-15-6-3-7-16-28/h2-24,38H,1H3. The second kappa shape index (κ2) is 10.3. The Balaban J connectivity index is 1.34. The molecule has 0 fully saturated rings. The molecule has 192 valence electrons. The van der Waals surface area contributed by atoms with Gasteiger partial charge in [0.1, 0.15) is 0 Å². The topological polar surface area (TPSA) is 28.2 Å². The molecule has 7 aromatic rings. The lowest BCUT2D eigenvalue weighted by atomic mass is 9.99. The summed E-state index contributed by atoms with van der Waals surface area (Å²) in [6.45, 7) is 2.16. The number of benzene rings is 5. The van der Waals surface area contributed by atoms with Crippen molar-refractivity contribution in [3.63, 3.8) is 0 Å². The molecule has 0 aliphatic rings. The molecule has 0 spiro atoms. The minimum absolute atomic E-state index is 0.940. The van der Waals surface area contributed by atoms with Crippen molar-refractivity contribution in [2.24, 2.45) is 0 Å². The fourth-order valence-corrected chi connectivity index (χ4v) is 6.49. The molecule has 0 bridgehead atoms. The first-order valence-corrected chi connectivity index (χ1v) is 14.2. The van der Waals surface area contributed by atoms with Crippen LogP contribution in [0.5, 0.6) is 0 Å². The summed E-state index contributed by atoms with van der Waals surface area (Å²) in [5, 5.41) is 6.14. The maximum absolute atomic E-state index is 4.92. The summed E-state index contributed by atoms with van der Waals surface area (Å²) < 4.78 is 2.41. The van der Waals surface area contributed by atoms with Crippen LogP contribution in [-0.2, 0) is 0 Å². The van der Waals surface area contributed by atoms with E-state index in [-0.39, 0.29) is 0 Å². The number of hydrogen-bond acceptors (Lipinski definition) is 4. The van der Waals surface area contributed by atoms with Crippen LogP contribution in [0, 0.1) is 6.92 Å². The van der Waals surface area contributed by atoms with Crippen molar-refractivity contribution in [1.29, 1.82) is 0 Å². The van der Waals surface area contributed by atoms with Crippen molar-refractivity contribution < 1.29 is 0 Å². The van der Waals surface area contributed by atoms with E-state index < -0.39 is 0 Å². The van der Waals surface area contributed by atoms with Gasteiger partial charge in [0.05, 0.1) is 4.70 Å². The lowest BCUT2D eigenvalue weighted by Crippen LogP contribution is -2.11. The van der Waals surface area contributed by atoms with Gasteiger partial charge in [0, 0.05) is 50.0 Å². The molecule has 1 N–H and O–H groups in total. The largest absolute Gasteiger partial charge is 0.355 e. The molecule has 0 aliphatic carbocycles. The Morgan fingerprint density at radius 1 is 0.625 bits per heavy atom. The zero-order valence-electron chi connectivity index (χ0n) is 22.1. The Bertz CT molecular complexity index is 1900. The molecule has 4 heteroatoms. The molecular weight excluding hydrogens is 506 g/mol. The van der Waals surface area contributed by atoms with Gasteiger partial charge in [-0.1, -0.05) is 78.9 Å². The fraction of sp³-hybridized carbons (Fsp3) is 0.0278. The first-order valence-electron chi connectivity index (χ1n) is 13.4. The average Bonchev–Trinajstić information content (AvgIpc) is 3.38. The third-order valence-electron chi connectivity index (χ3n) is 7.25. The van der Waals surface area contributed by atoms with Gasteiger partial charge in [0.25, 0.3) is 0 Å². The van der Waals surface area contributed by atoms with Crippen molar-refractivity contribution in [2.75, 3.05) is 10.2 Å². The number of aryl methyl sites for hydroxylation is 1. The summed E-state index contributed by atoms with van der Waals surface area (Å²) in [6, 6.07) is 46.8. The lowest BCUT2D eigenvalue weighted by Gasteiger charge is -2.24. The van der Waals surface area contributed by atoms with Gasteiger partial charge in [-0.3, -0.25) is 4.90 Å². The third-order valence-corrected chi connectivity index (χ3v) is 8.43. The van der Waals surface area contributed by atoms with Gasteiger partial charge in [-0.05, 0) is 72.6 Å². The molecule has 0 saturated heterocycles. The summed E-state index contributed by atoms with van der Waals surface area (Å²) in [4.78, 5) is 7.16. The Labute approximate surface area is 238 Å². The van der Waals surface area contributed by atoms with Crippen molar-refractivity contribution in [3.8, 4) is 11.1 Å². The Hall–Kier alpha value is -4.93. The van der Waals surface area contributed by atoms with Gasteiger partial charge in [-0.2, -0.15) is 0 Å². The summed E-state index contributed by atoms with van der Waals surface area (Å²) >= 11 is 1.79. The minimum Gasteiger partial charge on any atom is -0.355 e. The average molecular weight is 534 g/mol. The van der Waals surface area contributed by atoms with Crippen LogP contribution in [0.2, 0.25) is 0 Å². The monoisotopic (exact) mass is 533 g/mol. The maximum Gasteiger partial charge on any atom is 0.155 e. The number of para-hydroxylation sites is 3. The highest BCUT2D eigenvalue weighted by Crippen LogP contribution is 2.44. The second-order valence-electron chi connectivity index (χ2n) is 9.82. The van der Waals surface area contributed by atoms with E-state index in [9.17, 15) is 0 Å². The molecule has 0 unspecified atom stereocenters. The summed E-state index contributed by atoms with van der Waals surface area (Å²) in [7, 11) is 0. The quantitative estimate of drug-likeness (QED) is 0.230. The molecule has 0 saturated carbocycles. The lowest BCUT2D eigenvalue weighted by molar-refractivity contribution is 1.20. The van der Waals surface area contributed by atoms with E-state index >= 15 is 0 Å². The highest BCUT2D eigenvalue weighted by molar-refractivity contribution is 7.26. The van der Waals surface area contributed by atoms with E-state index in [0.29, 0.717) is 0 Å². The number of anilines is 5. The van der Waals surface area contributed by atoms with E-state index in [2.05, 4.69) is 138 Å². The molecular formula is C36H27N3S. The SMILES string of the molecule is Cc1ccccc1-c1ccccc1Nc1ccc2sc3c(N(c4ccccc4)c4ccccc4)nccc3c2c1. The number of hydrogen-bond donors (Lipinski definition) is 1. The summed E-state index contributed by atoms with van der Waals surface area (Å²) in [5.74, 6) is 0.940. The highest BCUT2D eigenvalue weighted by atomic mass is 32.1. The number of pyridine rings is 1. The predicted molar refractivity (Wildman–Crippen MR) is 172 cm³/mol. The number of nitrogens with zero attached hydrogens (tertiary/aromatic N) is 2. The Morgan fingerprint density at radius 2 is 1.27 bits per heavy atom. The van der Waals surface area contributed by atoms with Gasteiger partial charge in [-0.15, -0.1) is 11.3 Å². The van der Waals surface area contributed by atoms with Gasteiger partial charge in [-0.25, -0.2) is 4.98 Å². The van der Waals surface area contributed by atoms with Gasteiger partial charge >= 0.3 is 0 Å².